The molecule has 372 valence electrons. The second-order valence-corrected chi connectivity index (χ2v) is 19.1. The number of esters is 4. The lowest BCUT2D eigenvalue weighted by Crippen LogP contribution is -2.49. The fourth-order valence-electron chi connectivity index (χ4n) is 9.44. The van der Waals surface area contributed by atoms with E-state index in [0.717, 1.165) is 24.3 Å². The van der Waals surface area contributed by atoms with Gasteiger partial charge in [-0.2, -0.15) is 0 Å². The summed E-state index contributed by atoms with van der Waals surface area (Å²) >= 11 is 0. The fraction of sp³-hybridized carbons (Fsp3) is 0.489. The Balaban J connectivity index is 0.838. The van der Waals surface area contributed by atoms with Crippen LogP contribution in [0.3, 0.4) is 0 Å². The summed E-state index contributed by atoms with van der Waals surface area (Å²) in [7, 11) is 0. The van der Waals surface area contributed by atoms with Crippen molar-refractivity contribution in [1.82, 2.24) is 9.80 Å². The molecule has 2 aromatic carbocycles. The van der Waals surface area contributed by atoms with Gasteiger partial charge >= 0.3 is 23.9 Å². The smallest absolute Gasteiger partial charge is 0.348 e. The number of rotatable bonds is 8. The molecule has 4 aliphatic heterocycles. The van der Waals surface area contributed by atoms with Crippen molar-refractivity contribution >= 4 is 23.9 Å². The fourth-order valence-corrected chi connectivity index (χ4v) is 9.44. The topological polar surface area (TPSA) is 130 Å². The van der Waals surface area contributed by atoms with E-state index in [0.29, 0.717) is 32.1 Å². The molecule has 0 aromatic heterocycles. The van der Waals surface area contributed by atoms with Crippen LogP contribution in [0.1, 0.15) is 96.6 Å². The van der Waals surface area contributed by atoms with Crippen molar-refractivity contribution in [2.24, 2.45) is 11.8 Å². The van der Waals surface area contributed by atoms with E-state index >= 15 is 0 Å². The third kappa shape index (κ3) is 9.10. The number of benzene rings is 2. The van der Waals surface area contributed by atoms with Gasteiger partial charge in [0.15, 0.2) is 58.3 Å². The summed E-state index contributed by atoms with van der Waals surface area (Å²) in [5, 5.41) is 0. The summed E-state index contributed by atoms with van der Waals surface area (Å²) in [5.74, 6) is -28.2. The predicted octanol–water partition coefficient (Wildman–Crippen LogP) is 8.90. The van der Waals surface area contributed by atoms with Gasteiger partial charge in [-0.25, -0.2) is 63.1 Å². The molecule has 69 heavy (non-hydrogen) atoms. The molecular weight excluding hydrogens is 943 g/mol. The lowest BCUT2D eigenvalue weighted by Gasteiger charge is -2.43. The summed E-state index contributed by atoms with van der Waals surface area (Å²) < 4.78 is 175. The largest absolute Gasteiger partial charge is 0.477 e. The van der Waals surface area contributed by atoms with E-state index in [2.05, 4.69) is 0 Å². The molecule has 0 N–H and O–H groups in total. The molecule has 0 unspecified atom stereocenters. The minimum atomic E-state index is -2.30. The summed E-state index contributed by atoms with van der Waals surface area (Å²) in [6.07, 6.45) is 7.81. The number of allylic oxidation sites excluding steroid dienone is 4. The van der Waals surface area contributed by atoms with Gasteiger partial charge in [-0.3, -0.25) is 0 Å². The van der Waals surface area contributed by atoms with Gasteiger partial charge in [0.05, 0.1) is 24.2 Å². The quantitative estimate of drug-likeness (QED) is 0.0626. The molecule has 2 aromatic rings. The van der Waals surface area contributed by atoms with Gasteiger partial charge in [0.25, 0.3) is 11.6 Å². The van der Waals surface area contributed by atoms with Crippen LogP contribution in [0.5, 0.6) is 0 Å². The van der Waals surface area contributed by atoms with Crippen LogP contribution in [0.25, 0.3) is 0 Å². The summed E-state index contributed by atoms with van der Waals surface area (Å²) in [6.45, 7) is 4.58. The Bertz CT molecular complexity index is 2370. The molecule has 0 radical (unpaired) electrons. The number of carbonyl (C=O) groups excluding carboxylic acids is 4. The van der Waals surface area contributed by atoms with Crippen LogP contribution in [-0.2, 0) is 60.7 Å². The van der Waals surface area contributed by atoms with Crippen LogP contribution in [0, 0.1) is 70.0 Å². The van der Waals surface area contributed by atoms with E-state index < -0.39 is 140 Å². The third-order valence-electron chi connectivity index (χ3n) is 13.6. The van der Waals surface area contributed by atoms with Gasteiger partial charge in [-0.15, -0.1) is 0 Å². The molecule has 0 bridgehead atoms. The summed E-state index contributed by atoms with van der Waals surface area (Å²) in [4.78, 5) is 55.2. The van der Waals surface area contributed by atoms with Gasteiger partial charge in [-0.1, -0.05) is 0 Å². The number of hydrogen-bond acceptors (Lipinski definition) is 12. The van der Waals surface area contributed by atoms with Gasteiger partial charge in [0.2, 0.25) is 11.6 Å². The highest BCUT2D eigenvalue weighted by molar-refractivity contribution is 6.16. The number of nitrogens with zero attached hydrogens (tertiary/aromatic N) is 2. The standard InChI is InChI=1S/C47H44F10N2O10/c1-44(2)20-64-28(58(44)18-26-30(48)34(52)38(56)35(53)31(26)49)7-5-24-40(60)66-46(67-41(24)61)13-9-22(10-14-46)17-23-11-15-47(16-12-23)68-42(62)25(43(63)69-47)6-8-29-59(45(3,4)21-65-29)19-27-32(50)36(54)39(57)37(55)33(27)51/h5-8,22-23H,9-21H2,1-4H3. The number of ether oxygens (including phenoxy) is 6. The Morgan fingerprint density at radius 3 is 1.01 bits per heavy atom. The second kappa shape index (κ2) is 17.9. The zero-order valence-corrected chi connectivity index (χ0v) is 37.4. The monoisotopic (exact) mass is 986 g/mol. The SMILES string of the molecule is CC1(C)COC(=CC=C2C(=O)OC3(CCC(CC4CCC5(CC4)OC(=O)C(=CC=C4OCC(C)(C)N4Cc4c(F)c(F)c(F)c(F)c4F)C(=O)O5)CC3)OC2=O)N1Cc1c(F)c(F)c(F)c(F)c1F. The van der Waals surface area contributed by atoms with E-state index in [1.807, 2.05) is 0 Å². The van der Waals surface area contributed by atoms with Crippen molar-refractivity contribution in [2.45, 2.75) is 121 Å². The highest BCUT2D eigenvalue weighted by atomic mass is 19.2. The van der Waals surface area contributed by atoms with Crippen molar-refractivity contribution < 1.29 is 91.5 Å². The molecule has 8 rings (SSSR count). The maximum atomic E-state index is 14.6. The van der Waals surface area contributed by atoms with E-state index in [4.69, 9.17) is 28.4 Å². The molecule has 0 amide bonds. The first-order chi connectivity index (χ1) is 32.4. The molecule has 4 heterocycles. The molecule has 2 saturated carbocycles. The van der Waals surface area contributed by atoms with Crippen LogP contribution in [-0.4, -0.2) is 69.5 Å². The Morgan fingerprint density at radius 1 is 0.449 bits per heavy atom. The first kappa shape index (κ1) is 49.2. The molecular formula is C47H44F10N2O10. The Morgan fingerprint density at radius 2 is 0.725 bits per heavy atom. The molecule has 22 heteroatoms. The van der Waals surface area contributed by atoms with Crippen molar-refractivity contribution in [3.05, 3.63) is 117 Å². The van der Waals surface area contributed by atoms with Crippen molar-refractivity contribution in [1.29, 1.82) is 0 Å². The highest BCUT2D eigenvalue weighted by Crippen LogP contribution is 2.46. The normalized spacial score (nSPS) is 27.7. The zero-order chi connectivity index (χ0) is 50.1. The average molecular weight is 987 g/mol. The van der Waals surface area contributed by atoms with Crippen molar-refractivity contribution in [3.8, 4) is 0 Å². The lowest BCUT2D eigenvalue weighted by atomic mass is 9.74. The molecule has 6 aliphatic rings. The molecule has 0 atom stereocenters. The van der Waals surface area contributed by atoms with Gasteiger partial charge in [-0.05, 0) is 95.9 Å². The number of carbonyl (C=O) groups is 4. The van der Waals surface area contributed by atoms with Gasteiger partial charge in [0.1, 0.15) is 24.4 Å². The Labute approximate surface area is 387 Å². The van der Waals surface area contributed by atoms with Crippen LogP contribution >= 0.6 is 0 Å². The third-order valence-corrected chi connectivity index (χ3v) is 13.6. The van der Waals surface area contributed by atoms with E-state index in [-0.39, 0.29) is 62.5 Å². The van der Waals surface area contributed by atoms with Crippen molar-refractivity contribution in [2.75, 3.05) is 13.2 Å². The molecule has 12 nitrogen and oxygen atoms in total. The van der Waals surface area contributed by atoms with Crippen LogP contribution in [0.2, 0.25) is 0 Å². The van der Waals surface area contributed by atoms with Gasteiger partial charge in [0, 0.05) is 36.8 Å². The second-order valence-electron chi connectivity index (χ2n) is 19.1. The first-order valence-corrected chi connectivity index (χ1v) is 22.0. The Hall–Kier alpha value is -6.22. The van der Waals surface area contributed by atoms with Crippen molar-refractivity contribution in [3.63, 3.8) is 0 Å². The minimum Gasteiger partial charge on any atom is -0.477 e. The maximum absolute atomic E-state index is 14.6. The highest BCUT2D eigenvalue weighted by Gasteiger charge is 2.51. The molecule has 2 aliphatic carbocycles. The lowest BCUT2D eigenvalue weighted by molar-refractivity contribution is -0.248. The molecule has 6 fully saturated rings. The zero-order valence-electron chi connectivity index (χ0n) is 37.4. The first-order valence-electron chi connectivity index (χ1n) is 22.0. The number of hydrogen-bond donors (Lipinski definition) is 0. The Kier molecular flexibility index (Phi) is 12.8. The van der Waals surface area contributed by atoms with Crippen LogP contribution in [0.15, 0.2) is 47.2 Å². The number of halogens is 10. The predicted molar refractivity (Wildman–Crippen MR) is 214 cm³/mol. The van der Waals surface area contributed by atoms with E-state index in [9.17, 15) is 63.1 Å². The van der Waals surface area contributed by atoms with Crippen LogP contribution in [0.4, 0.5) is 43.9 Å². The van der Waals surface area contributed by atoms with Crippen LogP contribution < -0.4 is 0 Å². The average Bonchev–Trinajstić information content (AvgIpc) is 3.75. The summed E-state index contributed by atoms with van der Waals surface area (Å²) in [6, 6.07) is 0. The molecule has 4 saturated heterocycles. The maximum Gasteiger partial charge on any atom is 0.348 e. The van der Waals surface area contributed by atoms with E-state index in [1.54, 1.807) is 27.7 Å². The summed E-state index contributed by atoms with van der Waals surface area (Å²) in [5.41, 5.74) is -5.30. The molecule has 2 spiro atoms. The minimum absolute atomic E-state index is 0.0775. The van der Waals surface area contributed by atoms with Gasteiger partial charge < -0.3 is 38.2 Å². The van der Waals surface area contributed by atoms with E-state index in [1.165, 1.54) is 9.80 Å².